The number of thioether (sulfide) groups is 1. The summed E-state index contributed by atoms with van der Waals surface area (Å²) in [6, 6.07) is 0.498. The van der Waals surface area contributed by atoms with Gasteiger partial charge in [-0.25, -0.2) is 9.97 Å². The number of thiophene rings is 1. The summed E-state index contributed by atoms with van der Waals surface area (Å²) in [4.78, 5) is 27.3. The number of carbonyl (C=O) groups excluding carboxylic acids is 1. The van der Waals surface area contributed by atoms with Crippen LogP contribution >= 0.6 is 23.1 Å². The van der Waals surface area contributed by atoms with Gasteiger partial charge in [0.2, 0.25) is 5.91 Å². The molecule has 2 aromatic rings. The smallest absolute Gasteiger partial charge is 0.233 e. The number of piperidine rings is 1. The molecule has 2 fully saturated rings. The van der Waals surface area contributed by atoms with E-state index in [-0.39, 0.29) is 0 Å². The van der Waals surface area contributed by atoms with Crippen LogP contribution in [0.25, 0.3) is 10.2 Å². The summed E-state index contributed by atoms with van der Waals surface area (Å²) in [7, 11) is 0. The van der Waals surface area contributed by atoms with Crippen molar-refractivity contribution in [1.29, 1.82) is 0 Å². The molecule has 0 N–H and O–H groups in total. The first-order valence-electron chi connectivity index (χ1n) is 10.4. The van der Waals surface area contributed by atoms with E-state index < -0.39 is 0 Å². The van der Waals surface area contributed by atoms with Gasteiger partial charge in [-0.2, -0.15) is 0 Å². The van der Waals surface area contributed by atoms with Gasteiger partial charge in [-0.15, -0.1) is 11.3 Å². The molecule has 0 bridgehead atoms. The van der Waals surface area contributed by atoms with Crippen molar-refractivity contribution in [3.8, 4) is 0 Å². The minimum atomic E-state index is 0.313. The minimum Gasteiger partial charge on any atom is -0.339 e. The van der Waals surface area contributed by atoms with E-state index in [4.69, 9.17) is 4.98 Å². The Bertz CT molecular complexity index is 876. The lowest BCUT2D eigenvalue weighted by molar-refractivity contribution is -0.134. The Morgan fingerprint density at radius 2 is 2.00 bits per heavy atom. The second kappa shape index (κ2) is 7.36. The molecule has 27 heavy (non-hydrogen) atoms. The predicted molar refractivity (Wildman–Crippen MR) is 112 cm³/mol. The molecule has 0 spiro atoms. The van der Waals surface area contributed by atoms with Crippen LogP contribution in [0.5, 0.6) is 0 Å². The number of aromatic nitrogens is 2. The Kier molecular flexibility index (Phi) is 4.88. The van der Waals surface area contributed by atoms with Gasteiger partial charge >= 0.3 is 0 Å². The van der Waals surface area contributed by atoms with Crippen LogP contribution in [0.2, 0.25) is 0 Å². The van der Waals surface area contributed by atoms with Crippen molar-refractivity contribution in [3.63, 3.8) is 0 Å². The highest BCUT2D eigenvalue weighted by molar-refractivity contribution is 8.00. The van der Waals surface area contributed by atoms with Crippen LogP contribution in [0.4, 0.5) is 0 Å². The van der Waals surface area contributed by atoms with E-state index in [0.29, 0.717) is 17.7 Å². The first kappa shape index (κ1) is 17.9. The SMILES string of the molecule is Cc1nc(SCC(=O)N2CCC[C@H]3CCCC[C@@H]32)c2c3c(sc2n1)CCC3. The maximum Gasteiger partial charge on any atom is 0.233 e. The molecular formula is C21H27N3OS2. The van der Waals surface area contributed by atoms with E-state index in [1.165, 1.54) is 67.2 Å². The Morgan fingerprint density at radius 1 is 1.15 bits per heavy atom. The quantitative estimate of drug-likeness (QED) is 0.549. The van der Waals surface area contributed by atoms with E-state index in [1.807, 2.05) is 18.3 Å². The van der Waals surface area contributed by atoms with Gasteiger partial charge in [-0.3, -0.25) is 4.79 Å². The molecule has 6 heteroatoms. The standard InChI is InChI=1S/C21H27N3OS2/c1-13-22-20(19-15-8-4-10-17(15)27-21(19)23-13)26-12-18(25)24-11-5-7-14-6-2-3-9-16(14)24/h14,16H,2-12H2,1H3/t14-,16+/m1/s1. The van der Waals surface area contributed by atoms with Crippen LogP contribution in [-0.2, 0) is 17.6 Å². The zero-order chi connectivity index (χ0) is 18.4. The van der Waals surface area contributed by atoms with Gasteiger partial charge in [0.25, 0.3) is 0 Å². The van der Waals surface area contributed by atoms with Crippen molar-refractivity contribution < 1.29 is 4.79 Å². The van der Waals surface area contributed by atoms with Crippen LogP contribution in [0.15, 0.2) is 5.03 Å². The van der Waals surface area contributed by atoms with Crippen molar-refractivity contribution >= 4 is 39.2 Å². The highest BCUT2D eigenvalue weighted by Gasteiger charge is 2.35. The molecule has 2 atom stereocenters. The number of likely N-dealkylation sites (tertiary alicyclic amines) is 1. The first-order chi connectivity index (χ1) is 13.2. The van der Waals surface area contributed by atoms with Crippen molar-refractivity contribution in [2.24, 2.45) is 5.92 Å². The number of fused-ring (bicyclic) bond motifs is 4. The molecular weight excluding hydrogens is 374 g/mol. The summed E-state index contributed by atoms with van der Waals surface area (Å²) in [5.41, 5.74) is 1.45. The number of carbonyl (C=O) groups is 1. The first-order valence-corrected chi connectivity index (χ1v) is 12.2. The topological polar surface area (TPSA) is 46.1 Å². The third kappa shape index (κ3) is 3.29. The van der Waals surface area contributed by atoms with Crippen molar-refractivity contribution in [2.75, 3.05) is 12.3 Å². The maximum absolute atomic E-state index is 13.1. The Balaban J connectivity index is 1.36. The molecule has 1 amide bonds. The molecule has 3 aliphatic rings. The van der Waals surface area contributed by atoms with E-state index in [9.17, 15) is 4.79 Å². The van der Waals surface area contributed by atoms with Crippen molar-refractivity contribution in [1.82, 2.24) is 14.9 Å². The third-order valence-corrected chi connectivity index (χ3v) is 8.69. The van der Waals surface area contributed by atoms with Gasteiger partial charge in [0.1, 0.15) is 15.7 Å². The summed E-state index contributed by atoms with van der Waals surface area (Å²) in [5, 5.41) is 2.27. The van der Waals surface area contributed by atoms with E-state index in [2.05, 4.69) is 9.88 Å². The maximum atomic E-state index is 13.1. The number of hydrogen-bond donors (Lipinski definition) is 0. The van der Waals surface area contributed by atoms with Gasteiger partial charge in [-0.1, -0.05) is 24.6 Å². The fourth-order valence-corrected chi connectivity index (χ4v) is 7.67. The molecule has 5 rings (SSSR count). The van der Waals surface area contributed by atoms with Gasteiger partial charge in [0, 0.05) is 22.8 Å². The lowest BCUT2D eigenvalue weighted by Crippen LogP contribution is -2.50. The normalized spacial score (nSPS) is 24.9. The van der Waals surface area contributed by atoms with Crippen molar-refractivity contribution in [3.05, 3.63) is 16.3 Å². The fraction of sp³-hybridized carbons (Fsp3) is 0.667. The predicted octanol–water partition coefficient (Wildman–Crippen LogP) is 4.76. The van der Waals surface area contributed by atoms with Crippen LogP contribution in [-0.4, -0.2) is 39.1 Å². The number of rotatable bonds is 3. The molecule has 0 aromatic carbocycles. The fourth-order valence-electron chi connectivity index (χ4n) is 5.32. The lowest BCUT2D eigenvalue weighted by Gasteiger charge is -2.44. The summed E-state index contributed by atoms with van der Waals surface area (Å²) in [6.45, 7) is 2.92. The second-order valence-corrected chi connectivity index (χ2v) is 10.3. The largest absolute Gasteiger partial charge is 0.339 e. The average Bonchev–Trinajstić information content (AvgIpc) is 3.26. The molecule has 1 saturated heterocycles. The van der Waals surface area contributed by atoms with Gasteiger partial charge in [0.15, 0.2) is 0 Å². The van der Waals surface area contributed by atoms with Gasteiger partial charge in [0.05, 0.1) is 5.75 Å². The van der Waals surface area contributed by atoms with Gasteiger partial charge in [-0.05, 0) is 63.4 Å². The molecule has 144 valence electrons. The molecule has 4 nitrogen and oxygen atoms in total. The Hall–Kier alpha value is -1.14. The lowest BCUT2D eigenvalue weighted by atomic mass is 9.78. The zero-order valence-corrected chi connectivity index (χ0v) is 17.6. The molecule has 2 aromatic heterocycles. The molecule has 1 saturated carbocycles. The number of nitrogens with zero attached hydrogens (tertiary/aromatic N) is 3. The van der Waals surface area contributed by atoms with Gasteiger partial charge < -0.3 is 4.90 Å². The Morgan fingerprint density at radius 3 is 2.93 bits per heavy atom. The van der Waals surface area contributed by atoms with Crippen LogP contribution in [0.1, 0.15) is 61.2 Å². The molecule has 0 unspecified atom stereocenters. The second-order valence-electron chi connectivity index (χ2n) is 8.24. The van der Waals surface area contributed by atoms with Crippen LogP contribution < -0.4 is 0 Å². The number of hydrogen-bond acceptors (Lipinski definition) is 5. The highest BCUT2D eigenvalue weighted by atomic mass is 32.2. The molecule has 3 heterocycles. The van der Waals surface area contributed by atoms with Crippen molar-refractivity contribution in [2.45, 2.75) is 75.8 Å². The number of amides is 1. The monoisotopic (exact) mass is 401 g/mol. The minimum absolute atomic E-state index is 0.313. The summed E-state index contributed by atoms with van der Waals surface area (Å²) in [5.74, 6) is 2.39. The zero-order valence-electron chi connectivity index (χ0n) is 16.0. The number of aryl methyl sites for hydroxylation is 3. The van der Waals surface area contributed by atoms with E-state index >= 15 is 0 Å². The summed E-state index contributed by atoms with van der Waals surface area (Å²) in [6.07, 6.45) is 11.2. The van der Waals surface area contributed by atoms with E-state index in [0.717, 1.165) is 34.6 Å². The molecule has 1 aliphatic heterocycles. The van der Waals surface area contributed by atoms with Crippen LogP contribution in [0.3, 0.4) is 0 Å². The third-order valence-electron chi connectivity index (χ3n) is 6.54. The van der Waals surface area contributed by atoms with Crippen LogP contribution in [0, 0.1) is 12.8 Å². The summed E-state index contributed by atoms with van der Waals surface area (Å²) >= 11 is 3.47. The average molecular weight is 402 g/mol. The summed E-state index contributed by atoms with van der Waals surface area (Å²) < 4.78 is 0. The molecule has 0 radical (unpaired) electrons. The molecule has 2 aliphatic carbocycles. The highest BCUT2D eigenvalue weighted by Crippen LogP contribution is 2.41. The van der Waals surface area contributed by atoms with E-state index in [1.54, 1.807) is 11.8 Å². The Labute approximate surface area is 169 Å².